The van der Waals surface area contributed by atoms with Crippen molar-refractivity contribution in [2.45, 2.75) is 19.1 Å². The van der Waals surface area contributed by atoms with Gasteiger partial charge in [0.1, 0.15) is 6.17 Å². The van der Waals surface area contributed by atoms with Crippen molar-refractivity contribution in [3.05, 3.63) is 16.9 Å². The van der Waals surface area contributed by atoms with Crippen LogP contribution >= 0.6 is 11.6 Å². The fourth-order valence-electron chi connectivity index (χ4n) is 1.44. The molecule has 1 rings (SSSR count). The van der Waals surface area contributed by atoms with E-state index in [0.717, 1.165) is 6.54 Å². The molecule has 16 heavy (non-hydrogen) atoms. The van der Waals surface area contributed by atoms with E-state index in [9.17, 15) is 4.39 Å². The average Bonchev–Trinajstić information content (AvgIpc) is 2.57. The summed E-state index contributed by atoms with van der Waals surface area (Å²) in [5, 5.41) is 4.44. The summed E-state index contributed by atoms with van der Waals surface area (Å²) in [7, 11) is 3.91. The number of nitrogens with two attached hydrogens (primary N) is 1. The number of alkyl halides is 1. The molecular weight excluding hydrogens is 231 g/mol. The van der Waals surface area contributed by atoms with Crippen molar-refractivity contribution in [3.63, 3.8) is 0 Å². The normalized spacial score (nSPS) is 13.4. The van der Waals surface area contributed by atoms with Gasteiger partial charge in [-0.25, -0.2) is 4.39 Å². The number of likely N-dealkylation sites (N-methyl/N-ethyl adjacent to an activating group) is 1. The molecule has 6 heteroatoms. The van der Waals surface area contributed by atoms with E-state index < -0.39 is 6.17 Å². The van der Waals surface area contributed by atoms with Gasteiger partial charge in [-0.1, -0.05) is 11.6 Å². The first-order valence-electron chi connectivity index (χ1n) is 5.26. The molecule has 92 valence electrons. The number of hydrogen-bond acceptors (Lipinski definition) is 3. The van der Waals surface area contributed by atoms with E-state index in [0.29, 0.717) is 23.8 Å². The van der Waals surface area contributed by atoms with E-state index in [-0.39, 0.29) is 6.42 Å². The van der Waals surface area contributed by atoms with E-state index in [4.69, 9.17) is 17.3 Å². The van der Waals surface area contributed by atoms with Gasteiger partial charge >= 0.3 is 0 Å². The Labute approximate surface area is 100 Å². The highest BCUT2D eigenvalue weighted by atomic mass is 35.5. The van der Waals surface area contributed by atoms with Crippen molar-refractivity contribution < 1.29 is 4.39 Å². The minimum absolute atomic E-state index is 0.271. The predicted octanol–water partition coefficient (Wildman–Crippen LogP) is 1.46. The van der Waals surface area contributed by atoms with Crippen LogP contribution < -0.4 is 5.73 Å². The summed E-state index contributed by atoms with van der Waals surface area (Å²) < 4.78 is 15.4. The predicted molar refractivity (Wildman–Crippen MR) is 63.3 cm³/mol. The van der Waals surface area contributed by atoms with Gasteiger partial charge in [-0.2, -0.15) is 5.10 Å². The summed E-state index contributed by atoms with van der Waals surface area (Å²) in [4.78, 5) is 2.01. The maximum Gasteiger partial charge on any atom is 0.144 e. The lowest BCUT2D eigenvalue weighted by atomic mass is 10.2. The SMILES string of the molecule is CN(C)CCn1ncc(Cl)c1C(F)CCN. The molecule has 0 amide bonds. The number of nitrogens with zero attached hydrogens (tertiary/aromatic N) is 3. The zero-order valence-electron chi connectivity index (χ0n) is 9.66. The van der Waals surface area contributed by atoms with Crippen LogP contribution in [0.3, 0.4) is 0 Å². The lowest BCUT2D eigenvalue weighted by Gasteiger charge is -2.14. The Hall–Kier alpha value is -0.650. The molecule has 0 aromatic carbocycles. The molecular formula is C10H18ClFN4. The van der Waals surface area contributed by atoms with Gasteiger partial charge in [0.15, 0.2) is 0 Å². The van der Waals surface area contributed by atoms with Crippen molar-refractivity contribution in [2.75, 3.05) is 27.2 Å². The van der Waals surface area contributed by atoms with Crippen molar-refractivity contribution in [1.29, 1.82) is 0 Å². The molecule has 0 saturated heterocycles. The smallest absolute Gasteiger partial charge is 0.144 e. The topological polar surface area (TPSA) is 47.1 Å². The molecule has 0 bridgehead atoms. The van der Waals surface area contributed by atoms with Crippen LogP contribution in [0.1, 0.15) is 18.3 Å². The van der Waals surface area contributed by atoms with Gasteiger partial charge in [-0.3, -0.25) is 4.68 Å². The lowest BCUT2D eigenvalue weighted by molar-refractivity contribution is 0.295. The van der Waals surface area contributed by atoms with Crippen molar-refractivity contribution in [1.82, 2.24) is 14.7 Å². The molecule has 1 atom stereocenters. The quantitative estimate of drug-likeness (QED) is 0.829. The Morgan fingerprint density at radius 1 is 1.62 bits per heavy atom. The van der Waals surface area contributed by atoms with Crippen LogP contribution in [0.2, 0.25) is 5.02 Å². The Morgan fingerprint density at radius 2 is 2.31 bits per heavy atom. The molecule has 1 aromatic rings. The second kappa shape index (κ2) is 6.18. The Morgan fingerprint density at radius 3 is 2.88 bits per heavy atom. The van der Waals surface area contributed by atoms with Gasteiger partial charge in [-0.15, -0.1) is 0 Å². The third-order valence-electron chi connectivity index (χ3n) is 2.31. The van der Waals surface area contributed by atoms with Crippen LogP contribution in [0.15, 0.2) is 6.20 Å². The first kappa shape index (κ1) is 13.4. The van der Waals surface area contributed by atoms with Gasteiger partial charge in [0.25, 0.3) is 0 Å². The summed E-state index contributed by atoms with van der Waals surface area (Å²) >= 11 is 5.91. The molecule has 0 aliphatic carbocycles. The molecule has 1 aromatic heterocycles. The maximum absolute atomic E-state index is 13.8. The van der Waals surface area contributed by atoms with Gasteiger partial charge in [-0.05, 0) is 27.1 Å². The molecule has 0 aliphatic heterocycles. The van der Waals surface area contributed by atoms with E-state index in [1.54, 1.807) is 4.68 Å². The van der Waals surface area contributed by atoms with E-state index in [1.165, 1.54) is 6.20 Å². The first-order valence-corrected chi connectivity index (χ1v) is 5.64. The molecule has 0 aliphatic rings. The summed E-state index contributed by atoms with van der Waals surface area (Å²) in [5.74, 6) is 0. The van der Waals surface area contributed by atoms with Crippen LogP contribution in [0, 0.1) is 0 Å². The van der Waals surface area contributed by atoms with Crippen molar-refractivity contribution >= 4 is 11.6 Å². The minimum Gasteiger partial charge on any atom is -0.330 e. The van der Waals surface area contributed by atoms with Crippen LogP contribution in [-0.4, -0.2) is 41.9 Å². The van der Waals surface area contributed by atoms with Gasteiger partial charge in [0.05, 0.1) is 23.5 Å². The lowest BCUT2D eigenvalue weighted by Crippen LogP contribution is -2.21. The summed E-state index contributed by atoms with van der Waals surface area (Å²) in [6.45, 7) is 1.72. The molecule has 4 nitrogen and oxygen atoms in total. The van der Waals surface area contributed by atoms with Crippen LogP contribution in [0.25, 0.3) is 0 Å². The molecule has 1 unspecified atom stereocenters. The monoisotopic (exact) mass is 248 g/mol. The third kappa shape index (κ3) is 3.43. The second-order valence-corrected chi connectivity index (χ2v) is 4.36. The highest BCUT2D eigenvalue weighted by Crippen LogP contribution is 2.27. The number of aromatic nitrogens is 2. The largest absolute Gasteiger partial charge is 0.330 e. The van der Waals surface area contributed by atoms with Crippen LogP contribution in [-0.2, 0) is 6.54 Å². The molecule has 0 fully saturated rings. The Balaban J connectivity index is 2.76. The maximum atomic E-state index is 13.8. The molecule has 1 heterocycles. The first-order chi connectivity index (χ1) is 7.56. The van der Waals surface area contributed by atoms with E-state index in [1.807, 2.05) is 19.0 Å². The van der Waals surface area contributed by atoms with Gasteiger partial charge in [0, 0.05) is 6.54 Å². The van der Waals surface area contributed by atoms with Gasteiger partial charge < -0.3 is 10.6 Å². The van der Waals surface area contributed by atoms with Gasteiger partial charge in [0.2, 0.25) is 0 Å². The van der Waals surface area contributed by atoms with Crippen LogP contribution in [0.5, 0.6) is 0 Å². The summed E-state index contributed by atoms with van der Waals surface area (Å²) in [5.41, 5.74) is 5.78. The highest BCUT2D eigenvalue weighted by Gasteiger charge is 2.18. The fraction of sp³-hybridized carbons (Fsp3) is 0.700. The molecule has 0 radical (unpaired) electrons. The fourth-order valence-corrected chi connectivity index (χ4v) is 1.70. The zero-order valence-corrected chi connectivity index (χ0v) is 10.4. The third-order valence-corrected chi connectivity index (χ3v) is 2.60. The second-order valence-electron chi connectivity index (χ2n) is 3.95. The van der Waals surface area contributed by atoms with E-state index in [2.05, 4.69) is 5.10 Å². The zero-order chi connectivity index (χ0) is 12.1. The number of rotatable bonds is 6. The summed E-state index contributed by atoms with van der Waals surface area (Å²) in [6, 6.07) is 0. The van der Waals surface area contributed by atoms with Crippen molar-refractivity contribution in [3.8, 4) is 0 Å². The molecule has 2 N–H and O–H groups in total. The standard InChI is InChI=1S/C10H18ClFN4/c1-15(2)5-6-16-10(8(11)7-14-16)9(12)3-4-13/h7,9H,3-6,13H2,1-2H3. The molecule has 0 saturated carbocycles. The highest BCUT2D eigenvalue weighted by molar-refractivity contribution is 6.31. The van der Waals surface area contributed by atoms with Crippen LogP contribution in [0.4, 0.5) is 4.39 Å². The minimum atomic E-state index is -1.14. The Kier molecular flexibility index (Phi) is 5.18. The average molecular weight is 249 g/mol. The Bertz CT molecular complexity index is 327. The number of halogens is 2. The number of hydrogen-bond donors (Lipinski definition) is 1. The summed E-state index contributed by atoms with van der Waals surface area (Å²) in [6.07, 6.45) is 0.616. The van der Waals surface area contributed by atoms with E-state index >= 15 is 0 Å². The van der Waals surface area contributed by atoms with Crippen molar-refractivity contribution in [2.24, 2.45) is 5.73 Å². The molecule has 0 spiro atoms.